The Morgan fingerprint density at radius 3 is 2.43 bits per heavy atom. The lowest BCUT2D eigenvalue weighted by Gasteiger charge is -2.35. The minimum absolute atomic E-state index is 0.0546. The van der Waals surface area contributed by atoms with Gasteiger partial charge in [0.1, 0.15) is 6.17 Å². The van der Waals surface area contributed by atoms with Crippen LogP contribution in [-0.4, -0.2) is 29.9 Å². The van der Waals surface area contributed by atoms with Crippen LogP contribution in [0.2, 0.25) is 0 Å². The SMILES string of the molecule is CC1NC(C(=O)C(C)(C)C)NCC1Cl. The highest BCUT2D eigenvalue weighted by molar-refractivity contribution is 6.21. The van der Waals surface area contributed by atoms with Crippen molar-refractivity contribution >= 4 is 17.4 Å². The third-order valence-corrected chi connectivity index (χ3v) is 3.02. The molecule has 3 atom stereocenters. The van der Waals surface area contributed by atoms with Crippen molar-refractivity contribution in [1.29, 1.82) is 0 Å². The predicted octanol–water partition coefficient (Wildman–Crippen LogP) is 1.12. The van der Waals surface area contributed by atoms with Crippen LogP contribution in [0.4, 0.5) is 0 Å². The summed E-state index contributed by atoms with van der Waals surface area (Å²) in [4.78, 5) is 11.9. The Kier molecular flexibility index (Phi) is 3.56. The van der Waals surface area contributed by atoms with Gasteiger partial charge in [-0.2, -0.15) is 0 Å². The highest BCUT2D eigenvalue weighted by Gasteiger charge is 2.34. The van der Waals surface area contributed by atoms with Crippen molar-refractivity contribution in [2.45, 2.75) is 45.3 Å². The lowest BCUT2D eigenvalue weighted by molar-refractivity contribution is -0.129. The van der Waals surface area contributed by atoms with E-state index < -0.39 is 0 Å². The summed E-state index contributed by atoms with van der Waals surface area (Å²) in [7, 11) is 0. The first-order valence-corrected chi connectivity index (χ1v) is 5.44. The maximum Gasteiger partial charge on any atom is 0.169 e. The van der Waals surface area contributed by atoms with Gasteiger partial charge in [-0.15, -0.1) is 11.6 Å². The van der Waals surface area contributed by atoms with E-state index in [0.717, 1.165) is 0 Å². The van der Waals surface area contributed by atoms with Crippen molar-refractivity contribution in [2.75, 3.05) is 6.54 Å². The van der Waals surface area contributed by atoms with Crippen LogP contribution in [0, 0.1) is 5.41 Å². The van der Waals surface area contributed by atoms with Gasteiger partial charge in [0.25, 0.3) is 0 Å². The normalized spacial score (nSPS) is 34.2. The van der Waals surface area contributed by atoms with Gasteiger partial charge in [0.15, 0.2) is 5.78 Å². The zero-order valence-electron chi connectivity index (χ0n) is 9.23. The molecule has 82 valence electrons. The van der Waals surface area contributed by atoms with Gasteiger partial charge >= 0.3 is 0 Å². The maximum absolute atomic E-state index is 11.9. The van der Waals surface area contributed by atoms with Crippen molar-refractivity contribution in [2.24, 2.45) is 5.41 Å². The summed E-state index contributed by atoms with van der Waals surface area (Å²) in [5, 5.41) is 6.35. The Hall–Kier alpha value is -0.120. The fraction of sp³-hybridized carbons (Fsp3) is 0.900. The van der Waals surface area contributed by atoms with Crippen LogP contribution < -0.4 is 10.6 Å². The molecule has 2 N–H and O–H groups in total. The molecule has 1 aliphatic rings. The van der Waals surface area contributed by atoms with E-state index in [4.69, 9.17) is 11.6 Å². The zero-order chi connectivity index (χ0) is 10.9. The number of hydrogen-bond donors (Lipinski definition) is 2. The molecule has 0 aromatic rings. The molecule has 1 fully saturated rings. The van der Waals surface area contributed by atoms with E-state index in [9.17, 15) is 4.79 Å². The van der Waals surface area contributed by atoms with Crippen LogP contribution in [0.15, 0.2) is 0 Å². The van der Waals surface area contributed by atoms with Gasteiger partial charge in [-0.1, -0.05) is 20.8 Å². The quantitative estimate of drug-likeness (QED) is 0.649. The lowest BCUT2D eigenvalue weighted by Crippen LogP contribution is -2.63. The molecule has 1 rings (SSSR count). The second-order valence-electron chi connectivity index (χ2n) is 4.93. The minimum Gasteiger partial charge on any atom is -0.296 e. The Bertz CT molecular complexity index is 225. The molecule has 3 nitrogen and oxygen atoms in total. The van der Waals surface area contributed by atoms with Crippen LogP contribution in [0.5, 0.6) is 0 Å². The van der Waals surface area contributed by atoms with Crippen LogP contribution >= 0.6 is 11.6 Å². The molecule has 0 bridgehead atoms. The number of carbonyl (C=O) groups is 1. The third kappa shape index (κ3) is 2.69. The molecular weight excluding hydrogens is 200 g/mol. The third-order valence-electron chi connectivity index (χ3n) is 2.49. The largest absolute Gasteiger partial charge is 0.296 e. The number of rotatable bonds is 1. The second-order valence-corrected chi connectivity index (χ2v) is 5.49. The monoisotopic (exact) mass is 218 g/mol. The molecule has 0 spiro atoms. The van der Waals surface area contributed by atoms with Gasteiger partial charge in [0.2, 0.25) is 0 Å². The molecule has 0 aromatic heterocycles. The van der Waals surface area contributed by atoms with Gasteiger partial charge in [-0.05, 0) is 6.92 Å². The summed E-state index contributed by atoms with van der Waals surface area (Å²) < 4.78 is 0. The zero-order valence-corrected chi connectivity index (χ0v) is 9.98. The number of nitrogens with one attached hydrogen (secondary N) is 2. The van der Waals surface area contributed by atoms with Crippen molar-refractivity contribution in [1.82, 2.24) is 10.6 Å². The molecular formula is C10H19ClN2O. The minimum atomic E-state index is -0.316. The number of halogens is 1. The first kappa shape index (κ1) is 12.0. The Labute approximate surface area is 90.6 Å². The fourth-order valence-electron chi connectivity index (χ4n) is 1.43. The molecule has 0 radical (unpaired) electrons. The van der Waals surface area contributed by atoms with Gasteiger partial charge < -0.3 is 0 Å². The van der Waals surface area contributed by atoms with Crippen molar-refractivity contribution in [3.8, 4) is 0 Å². The number of ketones is 1. The highest BCUT2D eigenvalue weighted by Crippen LogP contribution is 2.18. The average Bonchev–Trinajstić information content (AvgIpc) is 2.07. The molecule has 14 heavy (non-hydrogen) atoms. The molecule has 1 saturated heterocycles. The smallest absolute Gasteiger partial charge is 0.169 e. The maximum atomic E-state index is 11.9. The van der Waals surface area contributed by atoms with Crippen LogP contribution in [-0.2, 0) is 4.79 Å². The van der Waals surface area contributed by atoms with Crippen LogP contribution in [0.3, 0.4) is 0 Å². The molecule has 0 aliphatic carbocycles. The number of carbonyl (C=O) groups excluding carboxylic acids is 1. The predicted molar refractivity (Wildman–Crippen MR) is 58.5 cm³/mol. The average molecular weight is 219 g/mol. The van der Waals surface area contributed by atoms with Crippen LogP contribution in [0.1, 0.15) is 27.7 Å². The van der Waals surface area contributed by atoms with E-state index >= 15 is 0 Å². The van der Waals surface area contributed by atoms with Gasteiger partial charge in [0, 0.05) is 18.0 Å². The van der Waals surface area contributed by atoms with E-state index in [-0.39, 0.29) is 28.8 Å². The Balaban J connectivity index is 2.59. The van der Waals surface area contributed by atoms with Crippen molar-refractivity contribution < 1.29 is 4.79 Å². The Morgan fingerprint density at radius 2 is 2.00 bits per heavy atom. The molecule has 4 heteroatoms. The van der Waals surface area contributed by atoms with Crippen molar-refractivity contribution in [3.05, 3.63) is 0 Å². The van der Waals surface area contributed by atoms with E-state index in [0.29, 0.717) is 6.54 Å². The van der Waals surface area contributed by atoms with Gasteiger partial charge in [-0.3, -0.25) is 15.4 Å². The first-order valence-electron chi connectivity index (χ1n) is 5.00. The molecule has 3 unspecified atom stereocenters. The summed E-state index contributed by atoms with van der Waals surface area (Å²) in [6, 6.07) is 0.175. The molecule has 1 aliphatic heterocycles. The fourth-order valence-corrected chi connectivity index (χ4v) is 1.60. The number of Topliss-reactive ketones (excluding diaryl/α,β-unsaturated/α-hetero) is 1. The van der Waals surface area contributed by atoms with Gasteiger partial charge in [-0.25, -0.2) is 0 Å². The first-order chi connectivity index (χ1) is 6.32. The summed E-state index contributed by atoms with van der Waals surface area (Å²) in [6.07, 6.45) is -0.250. The molecule has 0 aromatic carbocycles. The standard InChI is InChI=1S/C10H19ClN2O/c1-6-7(11)5-12-9(13-6)8(14)10(2,3)4/h6-7,9,12-13H,5H2,1-4H3. The summed E-state index contributed by atoms with van der Waals surface area (Å²) >= 11 is 6.02. The van der Waals surface area contributed by atoms with E-state index in [1.165, 1.54) is 0 Å². The van der Waals surface area contributed by atoms with E-state index in [1.54, 1.807) is 0 Å². The molecule has 0 amide bonds. The number of hydrogen-bond acceptors (Lipinski definition) is 3. The van der Waals surface area contributed by atoms with Crippen molar-refractivity contribution in [3.63, 3.8) is 0 Å². The summed E-state index contributed by atoms with van der Waals surface area (Å²) in [5.41, 5.74) is -0.316. The second kappa shape index (κ2) is 4.17. The van der Waals surface area contributed by atoms with E-state index in [1.807, 2.05) is 27.7 Å². The highest BCUT2D eigenvalue weighted by atomic mass is 35.5. The Morgan fingerprint density at radius 1 is 1.43 bits per heavy atom. The topological polar surface area (TPSA) is 41.1 Å². The molecule has 0 saturated carbocycles. The van der Waals surface area contributed by atoms with Gasteiger partial charge in [0.05, 0.1) is 5.38 Å². The van der Waals surface area contributed by atoms with Crippen LogP contribution in [0.25, 0.3) is 0 Å². The molecule has 1 heterocycles. The van der Waals surface area contributed by atoms with E-state index in [2.05, 4.69) is 10.6 Å². The summed E-state index contributed by atoms with van der Waals surface area (Å²) in [6.45, 7) is 8.46. The lowest BCUT2D eigenvalue weighted by atomic mass is 9.88. The summed E-state index contributed by atoms with van der Waals surface area (Å²) in [5.74, 6) is 0.188. The number of alkyl halides is 1.